The zero-order valence-corrected chi connectivity index (χ0v) is 17.9. The molecule has 3 aromatic rings. The van der Waals surface area contributed by atoms with Crippen LogP contribution < -0.4 is 5.32 Å². The largest absolute Gasteiger partial charge is 0.505 e. The van der Waals surface area contributed by atoms with Crippen molar-refractivity contribution in [1.82, 2.24) is 9.88 Å². The Morgan fingerprint density at radius 3 is 2.38 bits per heavy atom. The molecule has 3 rings (SSSR count). The Kier molecular flexibility index (Phi) is 5.78. The molecule has 0 fully saturated rings. The molecule has 0 spiro atoms. The summed E-state index contributed by atoms with van der Waals surface area (Å²) in [5, 5.41) is 21.4. The predicted molar refractivity (Wildman–Crippen MR) is 113 cm³/mol. The van der Waals surface area contributed by atoms with E-state index in [1.807, 2.05) is 0 Å². The Balaban J connectivity index is 2.22. The Bertz CT molecular complexity index is 1260. The Morgan fingerprint density at radius 1 is 1.12 bits per heavy atom. The van der Waals surface area contributed by atoms with E-state index in [9.17, 15) is 29.0 Å². The molecule has 7 nitrogen and oxygen atoms in total. The van der Waals surface area contributed by atoms with Crippen LogP contribution in [0.2, 0.25) is 0 Å². The lowest BCUT2D eigenvalue weighted by Crippen LogP contribution is -2.50. The van der Waals surface area contributed by atoms with Crippen molar-refractivity contribution in [1.29, 1.82) is 0 Å². The first kappa shape index (κ1) is 22.9. The van der Waals surface area contributed by atoms with Crippen molar-refractivity contribution in [2.24, 2.45) is 0 Å². The molecule has 0 aliphatic carbocycles. The van der Waals surface area contributed by atoms with Crippen LogP contribution in [-0.2, 0) is 9.59 Å². The van der Waals surface area contributed by atoms with Crippen molar-refractivity contribution in [2.45, 2.75) is 39.2 Å². The minimum atomic E-state index is -1.59. The lowest BCUT2D eigenvalue weighted by atomic mass is 9.95. The molecule has 1 heterocycles. The standard InChI is InChI=1S/C23H22F2N2O5/c1-11(20(29)26-23(3,4)22(31)32)17-12(2)27(15-8-9-16(28)19(25)18(15)17)21(30)13-6-5-7-14(24)10-13/h5-11,28H,1-4H3,(H,26,29)(H,31,32)/t11-/m1/s1. The highest BCUT2D eigenvalue weighted by Gasteiger charge is 2.34. The number of carboxylic acids is 1. The molecule has 0 radical (unpaired) electrons. The highest BCUT2D eigenvalue weighted by Crippen LogP contribution is 2.37. The van der Waals surface area contributed by atoms with Crippen LogP contribution in [0.5, 0.6) is 5.75 Å². The van der Waals surface area contributed by atoms with Crippen LogP contribution in [0.15, 0.2) is 36.4 Å². The minimum absolute atomic E-state index is 0.00847. The van der Waals surface area contributed by atoms with Gasteiger partial charge in [-0.05, 0) is 63.6 Å². The zero-order valence-electron chi connectivity index (χ0n) is 17.9. The number of aromatic nitrogens is 1. The molecule has 0 saturated heterocycles. The number of aromatic hydroxyl groups is 1. The van der Waals surface area contributed by atoms with E-state index in [0.717, 1.165) is 16.7 Å². The van der Waals surface area contributed by atoms with Gasteiger partial charge in [-0.1, -0.05) is 6.07 Å². The maximum Gasteiger partial charge on any atom is 0.328 e. The molecular formula is C23H22F2N2O5. The summed E-state index contributed by atoms with van der Waals surface area (Å²) in [5.41, 5.74) is -1.19. The summed E-state index contributed by atoms with van der Waals surface area (Å²) < 4.78 is 29.8. The van der Waals surface area contributed by atoms with E-state index < -0.39 is 46.6 Å². The summed E-state index contributed by atoms with van der Waals surface area (Å²) in [6, 6.07) is 7.38. The van der Waals surface area contributed by atoms with Gasteiger partial charge in [0.25, 0.3) is 5.91 Å². The van der Waals surface area contributed by atoms with Gasteiger partial charge in [-0.3, -0.25) is 14.2 Å². The predicted octanol–water partition coefficient (Wildman–Crippen LogP) is 3.70. The number of amides is 1. The van der Waals surface area contributed by atoms with Gasteiger partial charge in [-0.15, -0.1) is 0 Å². The van der Waals surface area contributed by atoms with Gasteiger partial charge < -0.3 is 15.5 Å². The third-order valence-electron chi connectivity index (χ3n) is 5.41. The van der Waals surface area contributed by atoms with E-state index in [1.54, 1.807) is 0 Å². The fourth-order valence-electron chi connectivity index (χ4n) is 3.62. The molecule has 3 N–H and O–H groups in total. The number of carbonyl (C=O) groups is 3. The second kappa shape index (κ2) is 8.07. The molecule has 32 heavy (non-hydrogen) atoms. The van der Waals surface area contributed by atoms with Crippen molar-refractivity contribution in [3.63, 3.8) is 0 Å². The SMILES string of the molecule is Cc1c([C@@H](C)C(=O)NC(C)(C)C(=O)O)c2c(F)c(O)ccc2n1C(=O)c1cccc(F)c1. The van der Waals surface area contributed by atoms with Gasteiger partial charge >= 0.3 is 5.97 Å². The smallest absolute Gasteiger partial charge is 0.328 e. The fraction of sp³-hybridized carbons (Fsp3) is 0.261. The van der Waals surface area contributed by atoms with Crippen LogP contribution in [0.3, 0.4) is 0 Å². The highest BCUT2D eigenvalue weighted by atomic mass is 19.1. The van der Waals surface area contributed by atoms with Gasteiger partial charge in [-0.25, -0.2) is 13.6 Å². The molecular weight excluding hydrogens is 422 g/mol. The average Bonchev–Trinajstić information content (AvgIpc) is 3.01. The monoisotopic (exact) mass is 444 g/mol. The van der Waals surface area contributed by atoms with Gasteiger partial charge in [-0.2, -0.15) is 0 Å². The van der Waals surface area contributed by atoms with Crippen molar-refractivity contribution in [3.05, 3.63) is 64.9 Å². The molecule has 1 aromatic heterocycles. The number of carboxylic acid groups (broad SMARTS) is 1. The minimum Gasteiger partial charge on any atom is -0.505 e. The van der Waals surface area contributed by atoms with Crippen LogP contribution in [0, 0.1) is 18.6 Å². The summed E-state index contributed by atoms with van der Waals surface area (Å²) >= 11 is 0. The van der Waals surface area contributed by atoms with Crippen LogP contribution in [0.25, 0.3) is 10.9 Å². The molecule has 9 heteroatoms. The van der Waals surface area contributed by atoms with E-state index in [2.05, 4.69) is 5.32 Å². The first-order valence-electron chi connectivity index (χ1n) is 9.75. The number of hydrogen-bond acceptors (Lipinski definition) is 4. The van der Waals surface area contributed by atoms with Gasteiger partial charge in [0, 0.05) is 16.6 Å². The highest BCUT2D eigenvalue weighted by molar-refractivity contribution is 6.06. The third kappa shape index (κ3) is 3.81. The lowest BCUT2D eigenvalue weighted by molar-refractivity contribution is -0.146. The van der Waals surface area contributed by atoms with Gasteiger partial charge in [0.2, 0.25) is 5.91 Å². The van der Waals surface area contributed by atoms with Crippen molar-refractivity contribution < 1.29 is 33.4 Å². The molecule has 168 valence electrons. The van der Waals surface area contributed by atoms with Crippen molar-refractivity contribution >= 4 is 28.7 Å². The number of hydrogen-bond donors (Lipinski definition) is 3. The number of rotatable bonds is 5. The first-order chi connectivity index (χ1) is 14.9. The summed E-state index contributed by atoms with van der Waals surface area (Å²) in [6.07, 6.45) is 0. The topological polar surface area (TPSA) is 109 Å². The molecule has 2 aromatic carbocycles. The molecule has 0 unspecified atom stereocenters. The summed E-state index contributed by atoms with van der Waals surface area (Å²) in [6.45, 7) is 5.54. The summed E-state index contributed by atoms with van der Waals surface area (Å²) in [5.74, 6) is -6.02. The second-order valence-electron chi connectivity index (χ2n) is 8.08. The summed E-state index contributed by atoms with van der Waals surface area (Å²) in [4.78, 5) is 37.4. The number of carbonyl (C=O) groups excluding carboxylic acids is 2. The maximum atomic E-state index is 15.0. The molecule has 1 amide bonds. The van der Waals surface area contributed by atoms with Gasteiger partial charge in [0.15, 0.2) is 11.6 Å². The van der Waals surface area contributed by atoms with Crippen molar-refractivity contribution in [2.75, 3.05) is 0 Å². The van der Waals surface area contributed by atoms with E-state index >= 15 is 4.39 Å². The van der Waals surface area contributed by atoms with Crippen LogP contribution in [-0.4, -0.2) is 38.1 Å². The molecule has 0 bridgehead atoms. The number of phenolic OH excluding ortho intramolecular Hbond substituents is 1. The maximum absolute atomic E-state index is 15.0. The molecule has 0 aliphatic rings. The van der Waals surface area contributed by atoms with Crippen LogP contribution >= 0.6 is 0 Å². The fourth-order valence-corrected chi connectivity index (χ4v) is 3.62. The lowest BCUT2D eigenvalue weighted by Gasteiger charge is -2.23. The van der Waals surface area contributed by atoms with E-state index in [-0.39, 0.29) is 27.7 Å². The quantitative estimate of drug-likeness (QED) is 0.556. The first-order valence-corrected chi connectivity index (χ1v) is 9.75. The molecule has 0 aliphatic heterocycles. The normalized spacial score (nSPS) is 12.6. The number of nitrogens with zero attached hydrogens (tertiary/aromatic N) is 1. The van der Waals surface area contributed by atoms with Gasteiger partial charge in [0.1, 0.15) is 11.4 Å². The third-order valence-corrected chi connectivity index (χ3v) is 5.41. The van der Waals surface area contributed by atoms with Gasteiger partial charge in [0.05, 0.1) is 11.4 Å². The molecule has 1 atom stereocenters. The zero-order chi connectivity index (χ0) is 24.0. The molecule has 0 saturated carbocycles. The number of halogens is 2. The number of phenols is 1. The number of aliphatic carboxylic acids is 1. The van der Waals surface area contributed by atoms with E-state index in [0.29, 0.717) is 0 Å². The Labute approximate surface area is 182 Å². The Hall–Kier alpha value is -3.75. The number of fused-ring (bicyclic) bond motifs is 1. The average molecular weight is 444 g/mol. The number of nitrogens with one attached hydrogen (secondary N) is 1. The van der Waals surface area contributed by atoms with E-state index in [1.165, 1.54) is 52.0 Å². The summed E-state index contributed by atoms with van der Waals surface area (Å²) in [7, 11) is 0. The van der Waals surface area contributed by atoms with E-state index in [4.69, 9.17) is 0 Å². The van der Waals surface area contributed by atoms with Crippen molar-refractivity contribution in [3.8, 4) is 5.75 Å². The van der Waals surface area contributed by atoms with Crippen LogP contribution in [0.1, 0.15) is 48.3 Å². The number of benzene rings is 2. The second-order valence-corrected chi connectivity index (χ2v) is 8.08. The Morgan fingerprint density at radius 2 is 1.78 bits per heavy atom. The van der Waals surface area contributed by atoms with Crippen LogP contribution in [0.4, 0.5) is 8.78 Å².